The molecule has 4 aromatic rings. The van der Waals surface area contributed by atoms with Gasteiger partial charge in [-0.1, -0.05) is 42.1 Å². The fourth-order valence-electron chi connectivity index (χ4n) is 2.62. The van der Waals surface area contributed by atoms with Crippen LogP contribution >= 0.6 is 11.8 Å². The number of rotatable bonds is 6. The molecule has 28 heavy (non-hydrogen) atoms. The van der Waals surface area contributed by atoms with Gasteiger partial charge in [0.25, 0.3) is 0 Å². The number of nitrogens with one attached hydrogen (secondary N) is 1. The van der Waals surface area contributed by atoms with Crippen molar-refractivity contribution in [2.75, 3.05) is 5.75 Å². The molecule has 6 nitrogen and oxygen atoms in total. The van der Waals surface area contributed by atoms with E-state index in [0.29, 0.717) is 28.6 Å². The van der Waals surface area contributed by atoms with Crippen molar-refractivity contribution in [3.8, 4) is 11.4 Å². The van der Waals surface area contributed by atoms with Crippen LogP contribution in [0.25, 0.3) is 17.0 Å². The lowest BCUT2D eigenvalue weighted by molar-refractivity contribution is -0.118. The molecule has 0 aliphatic heterocycles. The van der Waals surface area contributed by atoms with Crippen molar-refractivity contribution in [1.29, 1.82) is 0 Å². The lowest BCUT2D eigenvalue weighted by atomic mass is 10.2. The van der Waals surface area contributed by atoms with Crippen LogP contribution in [0.15, 0.2) is 71.8 Å². The number of amides is 1. The zero-order chi connectivity index (χ0) is 19.3. The van der Waals surface area contributed by atoms with Gasteiger partial charge in [0.2, 0.25) is 5.91 Å². The smallest absolute Gasteiger partial charge is 0.230 e. The molecule has 0 saturated carbocycles. The molecule has 0 aliphatic carbocycles. The van der Waals surface area contributed by atoms with Gasteiger partial charge in [-0.3, -0.25) is 4.79 Å². The first-order valence-electron chi connectivity index (χ1n) is 8.61. The van der Waals surface area contributed by atoms with E-state index in [1.165, 1.54) is 23.9 Å². The van der Waals surface area contributed by atoms with E-state index in [9.17, 15) is 9.18 Å². The molecule has 0 saturated heterocycles. The molecule has 0 radical (unpaired) electrons. The van der Waals surface area contributed by atoms with Gasteiger partial charge in [-0.2, -0.15) is 9.61 Å². The summed E-state index contributed by atoms with van der Waals surface area (Å²) >= 11 is 1.33. The Morgan fingerprint density at radius 1 is 1.00 bits per heavy atom. The lowest BCUT2D eigenvalue weighted by Gasteiger charge is -2.05. The fraction of sp³-hybridized carbons (Fsp3) is 0.100. The molecule has 8 heteroatoms. The normalized spacial score (nSPS) is 10.9. The molecule has 2 heterocycles. The Morgan fingerprint density at radius 2 is 1.79 bits per heavy atom. The largest absolute Gasteiger partial charge is 0.351 e. The number of nitrogens with zero attached hydrogens (tertiary/aromatic N) is 4. The van der Waals surface area contributed by atoms with E-state index < -0.39 is 0 Å². The van der Waals surface area contributed by atoms with Gasteiger partial charge < -0.3 is 5.32 Å². The van der Waals surface area contributed by atoms with Gasteiger partial charge in [0, 0.05) is 12.1 Å². The Hall–Kier alpha value is -3.26. The van der Waals surface area contributed by atoms with Crippen LogP contribution in [0.1, 0.15) is 5.56 Å². The molecule has 1 N–H and O–H groups in total. The first-order valence-corrected chi connectivity index (χ1v) is 9.59. The van der Waals surface area contributed by atoms with Crippen molar-refractivity contribution in [3.63, 3.8) is 0 Å². The van der Waals surface area contributed by atoms with Gasteiger partial charge in [-0.05, 0) is 42.0 Å². The van der Waals surface area contributed by atoms with Crippen LogP contribution in [0.4, 0.5) is 4.39 Å². The Morgan fingerprint density at radius 3 is 2.57 bits per heavy atom. The lowest BCUT2D eigenvalue weighted by Crippen LogP contribution is -2.24. The van der Waals surface area contributed by atoms with Crippen LogP contribution in [0.3, 0.4) is 0 Å². The van der Waals surface area contributed by atoms with E-state index in [0.717, 1.165) is 5.56 Å². The van der Waals surface area contributed by atoms with E-state index in [-0.39, 0.29) is 17.5 Å². The molecular weight excluding hydrogens is 377 g/mol. The number of carbonyl (C=O) groups is 1. The molecule has 1 amide bonds. The first kappa shape index (κ1) is 18.1. The van der Waals surface area contributed by atoms with Crippen LogP contribution in [0.5, 0.6) is 0 Å². The molecule has 2 aromatic carbocycles. The van der Waals surface area contributed by atoms with E-state index in [1.54, 1.807) is 28.8 Å². The van der Waals surface area contributed by atoms with Crippen molar-refractivity contribution < 1.29 is 9.18 Å². The summed E-state index contributed by atoms with van der Waals surface area (Å²) in [6, 6.07) is 19.3. The minimum atomic E-state index is -0.316. The summed E-state index contributed by atoms with van der Waals surface area (Å²) < 4.78 is 14.7. The molecule has 0 spiro atoms. The minimum Gasteiger partial charge on any atom is -0.351 e. The number of halogens is 1. The predicted octanol–water partition coefficient (Wildman–Crippen LogP) is 3.34. The monoisotopic (exact) mass is 393 g/mol. The minimum absolute atomic E-state index is 0.0711. The summed E-state index contributed by atoms with van der Waals surface area (Å²) in [5.74, 6) is 0.381. The molecular formula is C20H16FN5OS. The number of aromatic nitrogens is 4. The first-order chi connectivity index (χ1) is 13.7. The van der Waals surface area contributed by atoms with Crippen LogP contribution in [-0.2, 0) is 11.3 Å². The second kappa shape index (κ2) is 8.18. The van der Waals surface area contributed by atoms with Crippen LogP contribution < -0.4 is 5.32 Å². The molecule has 0 bridgehead atoms. The number of hydrogen-bond donors (Lipinski definition) is 1. The predicted molar refractivity (Wildman–Crippen MR) is 105 cm³/mol. The summed E-state index contributed by atoms with van der Waals surface area (Å²) in [5.41, 5.74) is 2.34. The molecule has 140 valence electrons. The van der Waals surface area contributed by atoms with Gasteiger partial charge >= 0.3 is 0 Å². The highest BCUT2D eigenvalue weighted by atomic mass is 32.2. The van der Waals surface area contributed by atoms with Crippen molar-refractivity contribution in [3.05, 3.63) is 78.1 Å². The Balaban J connectivity index is 1.43. The van der Waals surface area contributed by atoms with Crippen molar-refractivity contribution in [2.24, 2.45) is 0 Å². The maximum absolute atomic E-state index is 13.2. The number of fused-ring (bicyclic) bond motifs is 1. The number of thioether (sulfide) groups is 1. The second-order valence-electron chi connectivity index (χ2n) is 6.02. The average Bonchev–Trinajstić information content (AvgIpc) is 3.15. The summed E-state index contributed by atoms with van der Waals surface area (Å²) in [4.78, 5) is 12.1. The molecule has 0 unspecified atom stereocenters. The van der Waals surface area contributed by atoms with Crippen molar-refractivity contribution in [1.82, 2.24) is 25.1 Å². The van der Waals surface area contributed by atoms with Gasteiger partial charge in [-0.15, -0.1) is 10.2 Å². The number of carbonyl (C=O) groups excluding carboxylic acids is 1. The molecule has 2 aromatic heterocycles. The SMILES string of the molecule is O=C(CSc1ccc2nnc(-c3ccc(F)cc3)n2n1)NCc1ccccc1. The Labute approximate surface area is 164 Å². The van der Waals surface area contributed by atoms with E-state index in [4.69, 9.17) is 0 Å². The third kappa shape index (κ3) is 4.17. The van der Waals surface area contributed by atoms with E-state index in [1.807, 2.05) is 30.3 Å². The molecule has 0 aliphatic rings. The van der Waals surface area contributed by atoms with Crippen LogP contribution in [0.2, 0.25) is 0 Å². The highest BCUT2D eigenvalue weighted by Crippen LogP contribution is 2.21. The van der Waals surface area contributed by atoms with E-state index in [2.05, 4.69) is 20.6 Å². The maximum Gasteiger partial charge on any atom is 0.230 e. The van der Waals surface area contributed by atoms with Gasteiger partial charge in [0.15, 0.2) is 11.5 Å². The van der Waals surface area contributed by atoms with Crippen molar-refractivity contribution in [2.45, 2.75) is 11.6 Å². The zero-order valence-corrected chi connectivity index (χ0v) is 15.6. The standard InChI is InChI=1S/C20H16FN5OS/c21-16-8-6-15(7-9-16)20-24-23-17-10-11-19(25-26(17)20)28-13-18(27)22-12-14-4-2-1-3-5-14/h1-11H,12-13H2,(H,22,27). The summed E-state index contributed by atoms with van der Waals surface area (Å²) in [6.45, 7) is 0.493. The maximum atomic E-state index is 13.2. The highest BCUT2D eigenvalue weighted by molar-refractivity contribution is 7.99. The van der Waals surface area contributed by atoms with Crippen molar-refractivity contribution >= 4 is 23.3 Å². The van der Waals surface area contributed by atoms with Crippen LogP contribution in [-0.4, -0.2) is 31.5 Å². The highest BCUT2D eigenvalue weighted by Gasteiger charge is 2.11. The zero-order valence-electron chi connectivity index (χ0n) is 14.7. The summed E-state index contributed by atoms with van der Waals surface area (Å²) in [7, 11) is 0. The van der Waals surface area contributed by atoms with E-state index >= 15 is 0 Å². The average molecular weight is 393 g/mol. The van der Waals surface area contributed by atoms with Gasteiger partial charge in [0.1, 0.15) is 10.8 Å². The summed E-state index contributed by atoms with van der Waals surface area (Å²) in [6.07, 6.45) is 0. The molecule has 4 rings (SSSR count). The number of benzene rings is 2. The van der Waals surface area contributed by atoms with Gasteiger partial charge in [-0.25, -0.2) is 4.39 Å². The van der Waals surface area contributed by atoms with Crippen LogP contribution in [0, 0.1) is 5.82 Å². The second-order valence-corrected chi connectivity index (χ2v) is 7.02. The topological polar surface area (TPSA) is 72.2 Å². The molecule has 0 fully saturated rings. The van der Waals surface area contributed by atoms with Gasteiger partial charge in [0.05, 0.1) is 5.75 Å². The third-order valence-corrected chi connectivity index (χ3v) is 4.94. The Bertz CT molecular complexity index is 1100. The Kier molecular flexibility index (Phi) is 5.29. The quantitative estimate of drug-likeness (QED) is 0.509. The number of hydrogen-bond acceptors (Lipinski definition) is 5. The third-order valence-electron chi connectivity index (χ3n) is 4.02. The fourth-order valence-corrected chi connectivity index (χ4v) is 3.30. The molecule has 0 atom stereocenters. The summed E-state index contributed by atoms with van der Waals surface area (Å²) in [5, 5.41) is 16.3.